The smallest absolute Gasteiger partial charge is 0.130 e. The predicted octanol–water partition coefficient (Wildman–Crippen LogP) is 8.32. The molecule has 160 valence electrons. The lowest BCUT2D eigenvalue weighted by Crippen LogP contribution is -2.09. The molecule has 0 heterocycles. The van der Waals surface area contributed by atoms with Crippen molar-refractivity contribution in [2.45, 2.75) is 5.92 Å². The van der Waals surface area contributed by atoms with Gasteiger partial charge in [0.2, 0.25) is 0 Å². The minimum absolute atomic E-state index is 0.122. The highest BCUT2D eigenvalue weighted by Crippen LogP contribution is 2.42. The molecule has 0 aliphatic heterocycles. The molecule has 0 nitrogen and oxygen atoms in total. The van der Waals surface area contributed by atoms with Crippen LogP contribution in [-0.4, -0.2) is 0 Å². The zero-order valence-electron chi connectivity index (χ0n) is 17.2. The Morgan fingerprint density at radius 2 is 0.939 bits per heavy atom. The standard InChI is InChI=1S/C29H16F4/c30-19-8-12-23(25(32)14-19)29(24-13-9-20(31)15-26(24)33)22-11-7-18-5-4-16-2-1-3-17-6-10-21(22)28(18)27(16)17/h1-15,29H. The van der Waals surface area contributed by atoms with Crippen molar-refractivity contribution in [2.24, 2.45) is 0 Å². The maximum Gasteiger partial charge on any atom is 0.130 e. The lowest BCUT2D eigenvalue weighted by atomic mass is 9.80. The molecule has 0 fully saturated rings. The van der Waals surface area contributed by atoms with Crippen molar-refractivity contribution in [1.29, 1.82) is 0 Å². The van der Waals surface area contributed by atoms with E-state index in [1.807, 2.05) is 48.5 Å². The molecular weight excluding hydrogens is 424 g/mol. The monoisotopic (exact) mass is 440 g/mol. The largest absolute Gasteiger partial charge is 0.207 e. The summed E-state index contributed by atoms with van der Waals surface area (Å²) in [5, 5.41) is 6.07. The van der Waals surface area contributed by atoms with Gasteiger partial charge in [0.1, 0.15) is 23.3 Å². The van der Waals surface area contributed by atoms with Crippen molar-refractivity contribution in [2.75, 3.05) is 0 Å². The Bertz CT molecular complexity index is 1600. The Kier molecular flexibility index (Phi) is 4.37. The molecular formula is C29H16F4. The second-order valence-corrected chi connectivity index (χ2v) is 8.28. The zero-order chi connectivity index (χ0) is 22.7. The fourth-order valence-corrected chi connectivity index (χ4v) is 4.98. The van der Waals surface area contributed by atoms with E-state index in [1.165, 1.54) is 12.1 Å². The molecule has 0 saturated carbocycles. The third-order valence-electron chi connectivity index (χ3n) is 6.42. The molecule has 33 heavy (non-hydrogen) atoms. The summed E-state index contributed by atoms with van der Waals surface area (Å²) in [6.45, 7) is 0. The van der Waals surface area contributed by atoms with Crippen molar-refractivity contribution in [3.63, 3.8) is 0 Å². The molecule has 0 unspecified atom stereocenters. The molecule has 0 atom stereocenters. The predicted molar refractivity (Wildman–Crippen MR) is 124 cm³/mol. The van der Waals surface area contributed by atoms with Gasteiger partial charge in [0.15, 0.2) is 0 Å². The van der Waals surface area contributed by atoms with Gasteiger partial charge in [-0.05, 0) is 50.0 Å². The van der Waals surface area contributed by atoms with Gasteiger partial charge in [-0.3, -0.25) is 0 Å². The van der Waals surface area contributed by atoms with E-state index in [-0.39, 0.29) is 11.1 Å². The highest BCUT2D eigenvalue weighted by atomic mass is 19.1. The number of rotatable bonds is 3. The SMILES string of the molecule is Fc1ccc(C(c2ccc(F)cc2F)c2ccc3ccc4cccc5ccc2c3c45)c(F)c1. The second kappa shape index (κ2) is 7.31. The van der Waals surface area contributed by atoms with Crippen LogP contribution in [0.15, 0.2) is 91.0 Å². The first-order valence-electron chi connectivity index (χ1n) is 10.6. The van der Waals surface area contributed by atoms with E-state index in [0.717, 1.165) is 56.6 Å². The Morgan fingerprint density at radius 3 is 1.52 bits per heavy atom. The van der Waals surface area contributed by atoms with Crippen molar-refractivity contribution < 1.29 is 17.6 Å². The van der Waals surface area contributed by atoms with Crippen LogP contribution >= 0.6 is 0 Å². The number of hydrogen-bond acceptors (Lipinski definition) is 0. The van der Waals surface area contributed by atoms with Crippen molar-refractivity contribution >= 4 is 32.3 Å². The highest BCUT2D eigenvalue weighted by Gasteiger charge is 2.26. The fraction of sp³-hybridized carbons (Fsp3) is 0.0345. The normalized spacial score (nSPS) is 11.9. The third-order valence-corrected chi connectivity index (χ3v) is 6.42. The summed E-state index contributed by atoms with van der Waals surface area (Å²) in [7, 11) is 0. The van der Waals surface area contributed by atoms with Crippen LogP contribution < -0.4 is 0 Å². The van der Waals surface area contributed by atoms with Gasteiger partial charge in [0.05, 0.1) is 0 Å². The minimum atomic E-state index is -0.893. The molecule has 4 heteroatoms. The van der Waals surface area contributed by atoms with Gasteiger partial charge in [-0.2, -0.15) is 0 Å². The van der Waals surface area contributed by atoms with Gasteiger partial charge < -0.3 is 0 Å². The van der Waals surface area contributed by atoms with E-state index in [1.54, 1.807) is 0 Å². The van der Waals surface area contributed by atoms with Gasteiger partial charge in [-0.15, -0.1) is 0 Å². The maximum atomic E-state index is 15.0. The molecule has 0 radical (unpaired) electrons. The first kappa shape index (κ1) is 19.7. The molecule has 0 bridgehead atoms. The molecule has 0 N–H and O–H groups in total. The number of halogens is 4. The lowest BCUT2D eigenvalue weighted by molar-refractivity contribution is 0.556. The van der Waals surface area contributed by atoms with Crippen LogP contribution in [0.3, 0.4) is 0 Å². The lowest BCUT2D eigenvalue weighted by Gasteiger charge is -2.23. The number of benzene rings is 6. The average Bonchev–Trinajstić information content (AvgIpc) is 2.80. The topological polar surface area (TPSA) is 0 Å². The Hall–Kier alpha value is -3.92. The van der Waals surface area contributed by atoms with Crippen molar-refractivity contribution in [3.05, 3.63) is 131 Å². The zero-order valence-corrected chi connectivity index (χ0v) is 17.2. The minimum Gasteiger partial charge on any atom is -0.207 e. The van der Waals surface area contributed by atoms with E-state index >= 15 is 8.78 Å². The van der Waals surface area contributed by atoms with Crippen LogP contribution in [0, 0.1) is 23.3 Å². The summed E-state index contributed by atoms with van der Waals surface area (Å²) >= 11 is 0. The third kappa shape index (κ3) is 3.05. The van der Waals surface area contributed by atoms with Crippen LogP contribution in [0.1, 0.15) is 22.6 Å². The molecule has 6 aromatic rings. The molecule has 0 spiro atoms. The first-order chi connectivity index (χ1) is 16.0. The van der Waals surface area contributed by atoms with E-state index in [2.05, 4.69) is 6.07 Å². The fourth-order valence-electron chi connectivity index (χ4n) is 4.98. The quantitative estimate of drug-likeness (QED) is 0.147. The molecule has 0 aliphatic rings. The Morgan fingerprint density at radius 1 is 0.455 bits per heavy atom. The van der Waals surface area contributed by atoms with Gasteiger partial charge in [0.25, 0.3) is 0 Å². The number of hydrogen-bond donors (Lipinski definition) is 0. The van der Waals surface area contributed by atoms with Crippen LogP contribution in [0.2, 0.25) is 0 Å². The molecule has 0 aromatic heterocycles. The summed E-state index contributed by atoms with van der Waals surface area (Å²) in [5.74, 6) is -3.89. The summed E-state index contributed by atoms with van der Waals surface area (Å²) in [6.07, 6.45) is 0. The van der Waals surface area contributed by atoms with Gasteiger partial charge >= 0.3 is 0 Å². The van der Waals surface area contributed by atoms with E-state index in [4.69, 9.17) is 0 Å². The molecule has 0 saturated heterocycles. The van der Waals surface area contributed by atoms with Gasteiger partial charge in [0, 0.05) is 29.2 Å². The van der Waals surface area contributed by atoms with Crippen molar-refractivity contribution in [3.8, 4) is 0 Å². The summed E-state index contributed by atoms with van der Waals surface area (Å²) in [6, 6.07) is 24.4. The van der Waals surface area contributed by atoms with E-state index in [0.29, 0.717) is 5.56 Å². The van der Waals surface area contributed by atoms with Crippen LogP contribution in [0.4, 0.5) is 17.6 Å². The Labute approximate surface area is 187 Å². The van der Waals surface area contributed by atoms with Crippen molar-refractivity contribution in [1.82, 2.24) is 0 Å². The second-order valence-electron chi connectivity index (χ2n) is 8.28. The molecule has 0 aliphatic carbocycles. The van der Waals surface area contributed by atoms with Crippen LogP contribution in [0.25, 0.3) is 32.3 Å². The highest BCUT2D eigenvalue weighted by molar-refractivity contribution is 6.23. The van der Waals surface area contributed by atoms with Gasteiger partial charge in [-0.1, -0.05) is 66.7 Å². The summed E-state index contributed by atoms with van der Waals surface area (Å²) < 4.78 is 57.5. The Balaban J connectivity index is 1.73. The summed E-state index contributed by atoms with van der Waals surface area (Å²) in [4.78, 5) is 0. The average molecular weight is 440 g/mol. The molecule has 0 amide bonds. The summed E-state index contributed by atoms with van der Waals surface area (Å²) in [5.41, 5.74) is 0.908. The first-order valence-corrected chi connectivity index (χ1v) is 10.6. The van der Waals surface area contributed by atoms with Crippen LogP contribution in [0.5, 0.6) is 0 Å². The van der Waals surface area contributed by atoms with E-state index in [9.17, 15) is 8.78 Å². The maximum absolute atomic E-state index is 15.0. The molecule has 6 rings (SSSR count). The van der Waals surface area contributed by atoms with Gasteiger partial charge in [-0.25, -0.2) is 17.6 Å². The van der Waals surface area contributed by atoms with Crippen LogP contribution in [-0.2, 0) is 0 Å². The molecule has 6 aromatic carbocycles. The van der Waals surface area contributed by atoms with E-state index < -0.39 is 29.2 Å².